The molecule has 0 heterocycles. The summed E-state index contributed by atoms with van der Waals surface area (Å²) in [5, 5.41) is 0.464. The fourth-order valence-electron chi connectivity index (χ4n) is 2.12. The van der Waals surface area contributed by atoms with Crippen molar-refractivity contribution in [2.24, 2.45) is 5.73 Å². The molecule has 1 fully saturated rings. The molecule has 1 saturated carbocycles. The summed E-state index contributed by atoms with van der Waals surface area (Å²) in [7, 11) is 0. The maximum absolute atomic E-state index is 13.5. The molecule has 0 spiro atoms. The van der Waals surface area contributed by atoms with Gasteiger partial charge in [0.25, 0.3) is 0 Å². The molecule has 1 atom stereocenters. The van der Waals surface area contributed by atoms with E-state index in [1.54, 1.807) is 12.1 Å². The maximum atomic E-state index is 13.5. The Labute approximate surface area is 100 Å². The predicted molar refractivity (Wildman–Crippen MR) is 65.8 cm³/mol. The molecular weight excluding hydrogens is 225 g/mol. The summed E-state index contributed by atoms with van der Waals surface area (Å²) in [6.45, 7) is 0. The molecule has 3 heteroatoms. The van der Waals surface area contributed by atoms with E-state index < -0.39 is 0 Å². The first-order valence-electron chi connectivity index (χ1n) is 5.56. The van der Waals surface area contributed by atoms with Crippen LogP contribution in [0.1, 0.15) is 31.2 Å². The van der Waals surface area contributed by atoms with Crippen LogP contribution in [0.2, 0.25) is 5.02 Å². The highest BCUT2D eigenvalue weighted by atomic mass is 35.5. The van der Waals surface area contributed by atoms with Gasteiger partial charge in [-0.3, -0.25) is 0 Å². The molecule has 0 saturated heterocycles. The van der Waals surface area contributed by atoms with Gasteiger partial charge in [-0.15, -0.1) is 0 Å². The zero-order valence-electron chi connectivity index (χ0n) is 9.05. The Hall–Kier alpha value is -0.860. The van der Waals surface area contributed by atoms with E-state index in [-0.39, 0.29) is 11.9 Å². The van der Waals surface area contributed by atoms with Crippen LogP contribution >= 0.6 is 11.6 Å². The van der Waals surface area contributed by atoms with Crippen molar-refractivity contribution < 1.29 is 4.39 Å². The summed E-state index contributed by atoms with van der Waals surface area (Å²) in [4.78, 5) is 0. The lowest BCUT2D eigenvalue weighted by Gasteiger charge is -2.20. The fourth-order valence-corrected chi connectivity index (χ4v) is 2.33. The van der Waals surface area contributed by atoms with Gasteiger partial charge < -0.3 is 5.73 Å². The van der Waals surface area contributed by atoms with E-state index in [1.807, 2.05) is 6.08 Å². The second kappa shape index (κ2) is 4.98. The van der Waals surface area contributed by atoms with Crippen molar-refractivity contribution in [2.75, 3.05) is 0 Å². The Morgan fingerprint density at radius 2 is 2.25 bits per heavy atom. The van der Waals surface area contributed by atoms with Gasteiger partial charge >= 0.3 is 0 Å². The first-order chi connectivity index (χ1) is 7.66. The molecule has 0 bridgehead atoms. The first kappa shape index (κ1) is 11.6. The molecule has 0 aromatic heterocycles. The maximum Gasteiger partial charge on any atom is 0.131 e. The quantitative estimate of drug-likeness (QED) is 0.793. The number of halogens is 2. The van der Waals surface area contributed by atoms with Gasteiger partial charge in [0.2, 0.25) is 0 Å². The molecule has 1 nitrogen and oxygen atoms in total. The Balaban J connectivity index is 2.28. The van der Waals surface area contributed by atoms with Crippen molar-refractivity contribution in [1.82, 2.24) is 0 Å². The van der Waals surface area contributed by atoms with Crippen LogP contribution in [0.25, 0.3) is 6.08 Å². The summed E-state index contributed by atoms with van der Waals surface area (Å²) < 4.78 is 13.5. The van der Waals surface area contributed by atoms with Gasteiger partial charge in [-0.2, -0.15) is 0 Å². The minimum Gasteiger partial charge on any atom is -0.327 e. The lowest BCUT2D eigenvalue weighted by molar-refractivity contribution is 0.520. The van der Waals surface area contributed by atoms with Crippen LogP contribution in [0, 0.1) is 5.82 Å². The summed E-state index contributed by atoms with van der Waals surface area (Å²) in [5.41, 5.74) is 7.58. The average Bonchev–Trinajstić information content (AvgIpc) is 2.24. The summed E-state index contributed by atoms with van der Waals surface area (Å²) in [5.74, 6) is -0.265. The van der Waals surface area contributed by atoms with Crippen molar-refractivity contribution in [3.8, 4) is 0 Å². The highest BCUT2D eigenvalue weighted by Gasteiger charge is 2.14. The molecule has 2 N–H and O–H groups in total. The van der Waals surface area contributed by atoms with Crippen molar-refractivity contribution in [3.63, 3.8) is 0 Å². The molecule has 1 unspecified atom stereocenters. The van der Waals surface area contributed by atoms with Gasteiger partial charge in [-0.1, -0.05) is 29.3 Å². The molecule has 1 aromatic rings. The van der Waals surface area contributed by atoms with E-state index in [1.165, 1.54) is 11.6 Å². The first-order valence-corrected chi connectivity index (χ1v) is 5.93. The largest absolute Gasteiger partial charge is 0.327 e. The smallest absolute Gasteiger partial charge is 0.131 e. The van der Waals surface area contributed by atoms with Crippen molar-refractivity contribution in [2.45, 2.75) is 31.7 Å². The second-order valence-corrected chi connectivity index (χ2v) is 4.70. The van der Waals surface area contributed by atoms with E-state index >= 15 is 0 Å². The van der Waals surface area contributed by atoms with Crippen LogP contribution in [-0.2, 0) is 0 Å². The summed E-state index contributed by atoms with van der Waals surface area (Å²) in [6, 6.07) is 4.97. The number of rotatable bonds is 1. The minimum absolute atomic E-state index is 0.213. The van der Waals surface area contributed by atoms with Crippen molar-refractivity contribution in [1.29, 1.82) is 0 Å². The molecule has 16 heavy (non-hydrogen) atoms. The molecule has 1 aliphatic carbocycles. The summed E-state index contributed by atoms with van der Waals surface area (Å²) >= 11 is 5.97. The molecule has 0 amide bonds. The fraction of sp³-hybridized carbons (Fsp3) is 0.385. The normalized spacial score (nSPS) is 23.7. The van der Waals surface area contributed by atoms with Crippen LogP contribution in [0.15, 0.2) is 23.8 Å². The van der Waals surface area contributed by atoms with Gasteiger partial charge in [0, 0.05) is 11.6 Å². The topological polar surface area (TPSA) is 26.0 Å². The summed E-state index contributed by atoms with van der Waals surface area (Å²) in [6.07, 6.45) is 5.85. The van der Waals surface area contributed by atoms with Gasteiger partial charge in [0.15, 0.2) is 0 Å². The lowest BCUT2D eigenvalue weighted by atomic mass is 9.90. The molecule has 1 aliphatic rings. The van der Waals surface area contributed by atoms with Crippen LogP contribution in [-0.4, -0.2) is 6.04 Å². The lowest BCUT2D eigenvalue weighted by Crippen LogP contribution is -2.23. The molecular formula is C13H15ClFN. The van der Waals surface area contributed by atoms with Crippen LogP contribution < -0.4 is 5.73 Å². The highest BCUT2D eigenvalue weighted by Crippen LogP contribution is 2.28. The van der Waals surface area contributed by atoms with E-state index in [9.17, 15) is 4.39 Å². The van der Waals surface area contributed by atoms with E-state index in [4.69, 9.17) is 17.3 Å². The average molecular weight is 240 g/mol. The monoisotopic (exact) mass is 239 g/mol. The standard InChI is InChI=1S/C13H15ClFN/c14-12-5-2-6-13(15)11(12)8-9-3-1-4-10(16)7-9/h2,5-6,8,10H,1,3-4,7,16H2. The Bertz CT molecular complexity index is 394. The Morgan fingerprint density at radius 3 is 2.94 bits per heavy atom. The van der Waals surface area contributed by atoms with E-state index in [0.717, 1.165) is 25.7 Å². The van der Waals surface area contributed by atoms with Crippen molar-refractivity contribution in [3.05, 3.63) is 40.2 Å². The Morgan fingerprint density at radius 1 is 1.44 bits per heavy atom. The van der Waals surface area contributed by atoms with E-state index in [2.05, 4.69) is 0 Å². The molecule has 2 rings (SSSR count). The Kier molecular flexibility index (Phi) is 3.62. The number of hydrogen-bond donors (Lipinski definition) is 1. The zero-order valence-corrected chi connectivity index (χ0v) is 9.80. The van der Waals surface area contributed by atoms with Gasteiger partial charge in [0.1, 0.15) is 5.82 Å². The van der Waals surface area contributed by atoms with Crippen LogP contribution in [0.5, 0.6) is 0 Å². The minimum atomic E-state index is -0.265. The third-order valence-corrected chi connectivity index (χ3v) is 3.27. The molecule has 1 aromatic carbocycles. The molecule has 0 aliphatic heterocycles. The zero-order chi connectivity index (χ0) is 11.5. The number of hydrogen-bond acceptors (Lipinski definition) is 1. The van der Waals surface area contributed by atoms with Gasteiger partial charge in [-0.25, -0.2) is 4.39 Å². The van der Waals surface area contributed by atoms with E-state index in [0.29, 0.717) is 10.6 Å². The molecule has 86 valence electrons. The SMILES string of the molecule is NC1CCCC(=Cc2c(F)cccc2Cl)C1. The van der Waals surface area contributed by atoms with Crippen LogP contribution in [0.4, 0.5) is 4.39 Å². The second-order valence-electron chi connectivity index (χ2n) is 4.29. The van der Waals surface area contributed by atoms with Gasteiger partial charge in [-0.05, 0) is 37.8 Å². The molecule has 0 radical (unpaired) electrons. The third kappa shape index (κ3) is 2.63. The van der Waals surface area contributed by atoms with Crippen molar-refractivity contribution >= 4 is 17.7 Å². The number of nitrogens with two attached hydrogens (primary N) is 1. The predicted octanol–water partition coefficient (Wildman–Crippen LogP) is 3.76. The third-order valence-electron chi connectivity index (χ3n) is 2.95. The highest BCUT2D eigenvalue weighted by molar-refractivity contribution is 6.32. The number of benzene rings is 1. The van der Waals surface area contributed by atoms with Crippen LogP contribution in [0.3, 0.4) is 0 Å². The van der Waals surface area contributed by atoms with Gasteiger partial charge in [0.05, 0.1) is 5.02 Å².